The first-order valence-corrected chi connectivity index (χ1v) is 6.12. The molecule has 4 heteroatoms. The van der Waals surface area contributed by atoms with Gasteiger partial charge in [-0.1, -0.05) is 12.1 Å². The number of aromatic nitrogens is 1. The quantitative estimate of drug-likeness (QED) is 0.791. The largest absolute Gasteiger partial charge is 0.353 e. The Hall–Kier alpha value is -1.94. The highest BCUT2D eigenvalue weighted by Gasteiger charge is 2.23. The lowest BCUT2D eigenvalue weighted by molar-refractivity contribution is -0.124. The standard InChI is InChI=1S/C14H15N3O/c1-9-2-3-10-8-11(4-5-12(10)17-9)13-14(18)16-7-6-15-13/h2-5,8,13,15H,6-7H2,1H3,(H,16,18). The second-order valence-electron chi connectivity index (χ2n) is 4.58. The SMILES string of the molecule is Cc1ccc2cc(C3NCCNC3=O)ccc2n1. The molecular formula is C14H15N3O. The van der Waals surface area contributed by atoms with Crippen molar-refractivity contribution in [3.05, 3.63) is 41.6 Å². The first-order chi connectivity index (χ1) is 8.74. The number of hydrogen-bond donors (Lipinski definition) is 2. The van der Waals surface area contributed by atoms with Gasteiger partial charge >= 0.3 is 0 Å². The number of nitrogens with one attached hydrogen (secondary N) is 2. The molecule has 4 nitrogen and oxygen atoms in total. The second-order valence-corrected chi connectivity index (χ2v) is 4.58. The predicted octanol–water partition coefficient (Wildman–Crippen LogP) is 1.30. The number of fused-ring (bicyclic) bond motifs is 1. The first kappa shape index (κ1) is 11.2. The summed E-state index contributed by atoms with van der Waals surface area (Å²) in [6.45, 7) is 3.48. The van der Waals surface area contributed by atoms with E-state index in [1.807, 2.05) is 37.3 Å². The highest BCUT2D eigenvalue weighted by Crippen LogP contribution is 2.20. The van der Waals surface area contributed by atoms with Crippen LogP contribution in [0.2, 0.25) is 0 Å². The van der Waals surface area contributed by atoms with Crippen molar-refractivity contribution in [1.29, 1.82) is 0 Å². The highest BCUT2D eigenvalue weighted by molar-refractivity contribution is 5.86. The summed E-state index contributed by atoms with van der Waals surface area (Å²) in [5.41, 5.74) is 2.96. The van der Waals surface area contributed by atoms with Crippen LogP contribution in [-0.4, -0.2) is 24.0 Å². The number of amides is 1. The maximum Gasteiger partial charge on any atom is 0.241 e. The molecule has 0 aliphatic carbocycles. The van der Waals surface area contributed by atoms with E-state index in [0.29, 0.717) is 6.54 Å². The number of rotatable bonds is 1. The molecule has 2 heterocycles. The fourth-order valence-corrected chi connectivity index (χ4v) is 2.29. The number of hydrogen-bond acceptors (Lipinski definition) is 3. The van der Waals surface area contributed by atoms with Gasteiger partial charge in [-0.15, -0.1) is 0 Å². The van der Waals surface area contributed by atoms with Crippen molar-refractivity contribution in [2.45, 2.75) is 13.0 Å². The van der Waals surface area contributed by atoms with E-state index >= 15 is 0 Å². The van der Waals surface area contributed by atoms with Crippen molar-refractivity contribution in [3.8, 4) is 0 Å². The minimum atomic E-state index is -0.246. The Bertz CT molecular complexity index is 609. The molecule has 1 amide bonds. The van der Waals surface area contributed by atoms with Crippen LogP contribution in [0.1, 0.15) is 17.3 Å². The van der Waals surface area contributed by atoms with E-state index in [2.05, 4.69) is 15.6 Å². The van der Waals surface area contributed by atoms with Gasteiger partial charge in [0.05, 0.1) is 5.52 Å². The third-order valence-electron chi connectivity index (χ3n) is 3.22. The van der Waals surface area contributed by atoms with Crippen LogP contribution in [-0.2, 0) is 4.79 Å². The Kier molecular flexibility index (Phi) is 2.72. The molecular weight excluding hydrogens is 226 g/mol. The Balaban J connectivity index is 2.02. The molecule has 0 spiro atoms. The number of piperazine rings is 1. The Morgan fingerprint density at radius 3 is 2.94 bits per heavy atom. The van der Waals surface area contributed by atoms with Gasteiger partial charge < -0.3 is 10.6 Å². The summed E-state index contributed by atoms with van der Waals surface area (Å²) in [6, 6.07) is 9.76. The highest BCUT2D eigenvalue weighted by atomic mass is 16.2. The van der Waals surface area contributed by atoms with Gasteiger partial charge in [-0.3, -0.25) is 9.78 Å². The summed E-state index contributed by atoms with van der Waals surface area (Å²) in [6.07, 6.45) is 0. The van der Waals surface area contributed by atoms with Crippen LogP contribution in [0.25, 0.3) is 10.9 Å². The van der Waals surface area contributed by atoms with E-state index in [4.69, 9.17) is 0 Å². The van der Waals surface area contributed by atoms with Crippen LogP contribution in [0.4, 0.5) is 0 Å². The molecule has 92 valence electrons. The first-order valence-electron chi connectivity index (χ1n) is 6.12. The molecule has 1 aromatic heterocycles. The number of pyridine rings is 1. The molecule has 0 bridgehead atoms. The van der Waals surface area contributed by atoms with E-state index < -0.39 is 0 Å². The lowest BCUT2D eigenvalue weighted by Crippen LogP contribution is -2.47. The fraction of sp³-hybridized carbons (Fsp3) is 0.286. The molecule has 2 N–H and O–H groups in total. The van der Waals surface area contributed by atoms with Crippen LogP contribution in [0.5, 0.6) is 0 Å². The van der Waals surface area contributed by atoms with E-state index in [-0.39, 0.29) is 11.9 Å². The third kappa shape index (κ3) is 1.95. The van der Waals surface area contributed by atoms with Gasteiger partial charge in [-0.2, -0.15) is 0 Å². The number of nitrogens with zero attached hydrogens (tertiary/aromatic N) is 1. The van der Waals surface area contributed by atoms with Crippen LogP contribution in [0.3, 0.4) is 0 Å². The number of aryl methyl sites for hydroxylation is 1. The van der Waals surface area contributed by atoms with Crippen molar-refractivity contribution in [2.24, 2.45) is 0 Å². The normalized spacial score (nSPS) is 19.8. The summed E-state index contributed by atoms with van der Waals surface area (Å²) >= 11 is 0. The number of carbonyl (C=O) groups excluding carboxylic acids is 1. The molecule has 2 aromatic rings. The number of carbonyl (C=O) groups is 1. The summed E-state index contributed by atoms with van der Waals surface area (Å²) < 4.78 is 0. The summed E-state index contributed by atoms with van der Waals surface area (Å²) in [5, 5.41) is 7.17. The van der Waals surface area contributed by atoms with Gasteiger partial charge in [-0.25, -0.2) is 0 Å². The summed E-state index contributed by atoms with van der Waals surface area (Å²) in [5.74, 6) is 0.0423. The zero-order valence-electron chi connectivity index (χ0n) is 10.2. The molecule has 3 rings (SSSR count). The Morgan fingerprint density at radius 1 is 1.22 bits per heavy atom. The third-order valence-corrected chi connectivity index (χ3v) is 3.22. The maximum atomic E-state index is 11.8. The lowest BCUT2D eigenvalue weighted by atomic mass is 10.0. The van der Waals surface area contributed by atoms with Crippen LogP contribution >= 0.6 is 0 Å². The van der Waals surface area contributed by atoms with Gasteiger partial charge in [0, 0.05) is 24.2 Å². The average molecular weight is 241 g/mol. The zero-order chi connectivity index (χ0) is 12.5. The van der Waals surface area contributed by atoms with Crippen molar-refractivity contribution < 1.29 is 4.79 Å². The van der Waals surface area contributed by atoms with E-state index in [1.165, 1.54) is 0 Å². The lowest BCUT2D eigenvalue weighted by Gasteiger charge is -2.23. The maximum absolute atomic E-state index is 11.8. The van der Waals surface area contributed by atoms with Crippen molar-refractivity contribution in [2.75, 3.05) is 13.1 Å². The fourth-order valence-electron chi connectivity index (χ4n) is 2.29. The minimum Gasteiger partial charge on any atom is -0.353 e. The van der Waals surface area contributed by atoms with Crippen molar-refractivity contribution >= 4 is 16.8 Å². The molecule has 1 unspecified atom stereocenters. The Labute approximate surface area is 105 Å². The predicted molar refractivity (Wildman–Crippen MR) is 70.2 cm³/mol. The van der Waals surface area contributed by atoms with Gasteiger partial charge in [-0.05, 0) is 30.7 Å². The zero-order valence-corrected chi connectivity index (χ0v) is 10.2. The smallest absolute Gasteiger partial charge is 0.241 e. The van der Waals surface area contributed by atoms with Crippen molar-refractivity contribution in [3.63, 3.8) is 0 Å². The van der Waals surface area contributed by atoms with E-state index in [0.717, 1.165) is 28.7 Å². The van der Waals surface area contributed by atoms with Gasteiger partial charge in [0.1, 0.15) is 6.04 Å². The number of benzene rings is 1. The molecule has 1 saturated heterocycles. The molecule has 0 saturated carbocycles. The van der Waals surface area contributed by atoms with E-state index in [1.54, 1.807) is 0 Å². The molecule has 0 radical (unpaired) electrons. The van der Waals surface area contributed by atoms with Gasteiger partial charge in [0.15, 0.2) is 0 Å². The Morgan fingerprint density at radius 2 is 2.11 bits per heavy atom. The monoisotopic (exact) mass is 241 g/mol. The molecule has 1 fully saturated rings. The van der Waals surface area contributed by atoms with Crippen LogP contribution < -0.4 is 10.6 Å². The molecule has 1 aliphatic rings. The topological polar surface area (TPSA) is 54.0 Å². The second kappa shape index (κ2) is 4.38. The van der Waals surface area contributed by atoms with Crippen LogP contribution in [0.15, 0.2) is 30.3 Å². The van der Waals surface area contributed by atoms with Crippen molar-refractivity contribution in [1.82, 2.24) is 15.6 Å². The molecule has 1 atom stereocenters. The average Bonchev–Trinajstić information content (AvgIpc) is 2.39. The van der Waals surface area contributed by atoms with Gasteiger partial charge in [0.25, 0.3) is 0 Å². The van der Waals surface area contributed by atoms with Crippen LogP contribution in [0, 0.1) is 6.92 Å². The summed E-state index contributed by atoms with van der Waals surface area (Å²) in [4.78, 5) is 16.3. The summed E-state index contributed by atoms with van der Waals surface area (Å²) in [7, 11) is 0. The van der Waals surface area contributed by atoms with E-state index in [9.17, 15) is 4.79 Å². The minimum absolute atomic E-state index is 0.0423. The van der Waals surface area contributed by atoms with Gasteiger partial charge in [0.2, 0.25) is 5.91 Å². The molecule has 1 aliphatic heterocycles. The molecule has 18 heavy (non-hydrogen) atoms. The molecule has 1 aromatic carbocycles.